The molecule has 0 saturated carbocycles. The zero-order valence-corrected chi connectivity index (χ0v) is 24.2. The number of hydrogen-bond acceptors (Lipinski definition) is 4. The minimum absolute atomic E-state index is 0.0776. The molecule has 0 aromatic heterocycles. The smallest absolute Gasteiger partial charge is 0.244 e. The average Bonchev–Trinajstić information content (AvgIpc) is 2.89. The second-order valence-corrected chi connectivity index (χ2v) is 12.0. The Labute approximate surface area is 232 Å². The van der Waals surface area contributed by atoms with Gasteiger partial charge in [-0.3, -0.25) is 13.9 Å². The van der Waals surface area contributed by atoms with E-state index in [9.17, 15) is 18.0 Å². The number of rotatable bonds is 12. The van der Waals surface area contributed by atoms with Crippen molar-refractivity contribution >= 4 is 27.5 Å². The van der Waals surface area contributed by atoms with Crippen LogP contribution in [0.4, 0.5) is 5.69 Å². The fraction of sp³-hybridized carbons (Fsp3) is 0.355. The van der Waals surface area contributed by atoms with E-state index < -0.39 is 28.5 Å². The van der Waals surface area contributed by atoms with Crippen molar-refractivity contribution in [3.63, 3.8) is 0 Å². The van der Waals surface area contributed by atoms with Gasteiger partial charge in [-0.15, -0.1) is 0 Å². The zero-order chi connectivity index (χ0) is 28.6. The van der Waals surface area contributed by atoms with Crippen molar-refractivity contribution in [2.75, 3.05) is 17.1 Å². The van der Waals surface area contributed by atoms with Crippen molar-refractivity contribution in [3.8, 4) is 0 Å². The van der Waals surface area contributed by atoms with Crippen LogP contribution in [0.2, 0.25) is 0 Å². The molecule has 0 aliphatic heterocycles. The van der Waals surface area contributed by atoms with Crippen molar-refractivity contribution in [2.24, 2.45) is 0 Å². The van der Waals surface area contributed by atoms with Crippen LogP contribution in [0.1, 0.15) is 42.5 Å². The maximum Gasteiger partial charge on any atom is 0.244 e. The summed E-state index contributed by atoms with van der Waals surface area (Å²) in [5.41, 5.74) is 3.97. The highest BCUT2D eigenvalue weighted by Crippen LogP contribution is 2.23. The molecular weight excluding hydrogens is 510 g/mol. The summed E-state index contributed by atoms with van der Waals surface area (Å²) in [6.45, 7) is 7.43. The van der Waals surface area contributed by atoms with Gasteiger partial charge in [0.05, 0.1) is 11.9 Å². The maximum atomic E-state index is 14.1. The first-order chi connectivity index (χ1) is 18.5. The maximum absolute atomic E-state index is 14.1. The lowest BCUT2D eigenvalue weighted by Gasteiger charge is -2.34. The monoisotopic (exact) mass is 549 g/mol. The van der Waals surface area contributed by atoms with E-state index in [0.717, 1.165) is 39.2 Å². The summed E-state index contributed by atoms with van der Waals surface area (Å²) >= 11 is 0. The Morgan fingerprint density at radius 3 is 2.15 bits per heavy atom. The van der Waals surface area contributed by atoms with Gasteiger partial charge in [0.15, 0.2) is 0 Å². The Morgan fingerprint density at radius 2 is 1.54 bits per heavy atom. The largest absolute Gasteiger partial charge is 0.352 e. The first-order valence-electron chi connectivity index (χ1n) is 13.2. The zero-order valence-electron chi connectivity index (χ0n) is 23.4. The van der Waals surface area contributed by atoms with Crippen LogP contribution in [0.25, 0.3) is 0 Å². The normalized spacial score (nSPS) is 12.8. The van der Waals surface area contributed by atoms with Crippen LogP contribution in [-0.4, -0.2) is 50.0 Å². The summed E-state index contributed by atoms with van der Waals surface area (Å²) < 4.78 is 26.9. The Bertz CT molecular complexity index is 1380. The fourth-order valence-electron chi connectivity index (χ4n) is 4.44. The van der Waals surface area contributed by atoms with Crippen LogP contribution < -0.4 is 9.62 Å². The summed E-state index contributed by atoms with van der Waals surface area (Å²) in [7, 11) is -3.79. The number of anilines is 1. The Morgan fingerprint density at radius 1 is 0.897 bits per heavy atom. The van der Waals surface area contributed by atoms with Crippen molar-refractivity contribution in [3.05, 3.63) is 101 Å². The van der Waals surface area contributed by atoms with Crippen LogP contribution >= 0.6 is 0 Å². The Balaban J connectivity index is 2.07. The van der Waals surface area contributed by atoms with E-state index in [1.54, 1.807) is 25.1 Å². The van der Waals surface area contributed by atoms with Gasteiger partial charge >= 0.3 is 0 Å². The number of hydrogen-bond donors (Lipinski definition) is 1. The van der Waals surface area contributed by atoms with Gasteiger partial charge in [-0.2, -0.15) is 0 Å². The number of para-hydroxylation sites is 1. The molecule has 0 fully saturated rings. The number of nitrogens with zero attached hydrogens (tertiary/aromatic N) is 2. The van der Waals surface area contributed by atoms with E-state index in [-0.39, 0.29) is 18.5 Å². The predicted octanol–water partition coefficient (Wildman–Crippen LogP) is 4.62. The number of nitrogens with one attached hydrogen (secondary N) is 1. The standard InChI is InChI=1S/C31H39N3O4S/c1-6-25(4)32-31(36)29(20-26-15-8-7-9-16-26)33(21-27-17-12-13-23(2)19-27)30(35)22-34(39(5,37)38)28-18-11-10-14-24(28)3/h7-19,25,29H,6,20-22H2,1-5H3,(H,32,36). The highest BCUT2D eigenvalue weighted by Gasteiger charge is 2.33. The molecule has 2 unspecified atom stereocenters. The highest BCUT2D eigenvalue weighted by molar-refractivity contribution is 7.92. The van der Waals surface area contributed by atoms with Crippen LogP contribution in [0.15, 0.2) is 78.9 Å². The number of benzene rings is 3. The van der Waals surface area contributed by atoms with Crippen molar-refractivity contribution in [1.29, 1.82) is 0 Å². The topological polar surface area (TPSA) is 86.8 Å². The predicted molar refractivity (Wildman–Crippen MR) is 157 cm³/mol. The molecule has 7 nitrogen and oxygen atoms in total. The van der Waals surface area contributed by atoms with E-state index in [0.29, 0.717) is 12.1 Å². The minimum Gasteiger partial charge on any atom is -0.352 e. The molecule has 3 rings (SSSR count). The van der Waals surface area contributed by atoms with Gasteiger partial charge in [-0.05, 0) is 49.9 Å². The molecule has 2 amide bonds. The third-order valence-corrected chi connectivity index (χ3v) is 7.90. The lowest BCUT2D eigenvalue weighted by atomic mass is 10.0. The molecule has 208 valence electrons. The van der Waals surface area contributed by atoms with E-state index in [1.807, 2.05) is 81.4 Å². The average molecular weight is 550 g/mol. The summed E-state index contributed by atoms with van der Waals surface area (Å²) in [4.78, 5) is 29.3. The van der Waals surface area contributed by atoms with E-state index >= 15 is 0 Å². The Kier molecular flexibility index (Phi) is 10.3. The lowest BCUT2D eigenvalue weighted by Crippen LogP contribution is -2.54. The molecule has 1 N–H and O–H groups in total. The molecular formula is C31H39N3O4S. The van der Waals surface area contributed by atoms with Crippen molar-refractivity contribution in [1.82, 2.24) is 10.2 Å². The number of carbonyl (C=O) groups excluding carboxylic acids is 2. The van der Waals surface area contributed by atoms with Gasteiger partial charge in [0, 0.05) is 19.0 Å². The SMILES string of the molecule is CCC(C)NC(=O)C(Cc1ccccc1)N(Cc1cccc(C)c1)C(=O)CN(c1ccccc1C)S(C)(=O)=O. The van der Waals surface area contributed by atoms with Crippen molar-refractivity contribution < 1.29 is 18.0 Å². The molecule has 0 heterocycles. The molecule has 2 atom stereocenters. The molecule has 3 aromatic carbocycles. The molecule has 8 heteroatoms. The number of amides is 2. The second kappa shape index (κ2) is 13.4. The number of sulfonamides is 1. The summed E-state index contributed by atoms with van der Waals surface area (Å²) in [5, 5.41) is 3.04. The molecule has 0 bridgehead atoms. The summed E-state index contributed by atoms with van der Waals surface area (Å²) in [5.74, 6) is -0.721. The number of aryl methyl sites for hydroxylation is 2. The van der Waals surface area contributed by atoms with Gasteiger partial charge < -0.3 is 10.2 Å². The Hall–Kier alpha value is -3.65. The van der Waals surface area contributed by atoms with E-state index in [2.05, 4.69) is 5.32 Å². The second-order valence-electron chi connectivity index (χ2n) is 10.1. The van der Waals surface area contributed by atoms with Gasteiger partial charge in [-0.1, -0.05) is 85.3 Å². The minimum atomic E-state index is -3.79. The van der Waals surface area contributed by atoms with Gasteiger partial charge in [0.1, 0.15) is 12.6 Å². The molecule has 0 aliphatic rings. The molecule has 0 radical (unpaired) electrons. The van der Waals surface area contributed by atoms with E-state index in [1.165, 1.54) is 4.90 Å². The number of carbonyl (C=O) groups is 2. The third kappa shape index (κ3) is 8.42. The first kappa shape index (κ1) is 29.9. The van der Waals surface area contributed by atoms with Crippen molar-refractivity contribution in [2.45, 2.75) is 59.2 Å². The van der Waals surface area contributed by atoms with Crippen LogP contribution in [0, 0.1) is 13.8 Å². The van der Waals surface area contributed by atoms with Crippen LogP contribution in [-0.2, 0) is 32.6 Å². The third-order valence-electron chi connectivity index (χ3n) is 6.77. The van der Waals surface area contributed by atoms with E-state index in [4.69, 9.17) is 0 Å². The van der Waals surface area contributed by atoms with Crippen LogP contribution in [0.5, 0.6) is 0 Å². The lowest BCUT2D eigenvalue weighted by molar-refractivity contribution is -0.140. The molecule has 3 aromatic rings. The van der Waals surface area contributed by atoms with Gasteiger partial charge in [0.2, 0.25) is 21.8 Å². The van der Waals surface area contributed by atoms with Crippen LogP contribution in [0.3, 0.4) is 0 Å². The molecule has 0 spiro atoms. The van der Waals surface area contributed by atoms with Gasteiger partial charge in [-0.25, -0.2) is 8.42 Å². The fourth-order valence-corrected chi connectivity index (χ4v) is 5.35. The molecule has 39 heavy (non-hydrogen) atoms. The summed E-state index contributed by atoms with van der Waals surface area (Å²) in [6, 6.07) is 23.5. The molecule has 0 saturated heterocycles. The summed E-state index contributed by atoms with van der Waals surface area (Å²) in [6.07, 6.45) is 2.13. The quantitative estimate of drug-likeness (QED) is 0.357. The van der Waals surface area contributed by atoms with Gasteiger partial charge in [0.25, 0.3) is 0 Å². The highest BCUT2D eigenvalue weighted by atomic mass is 32.2. The first-order valence-corrected chi connectivity index (χ1v) is 15.1. The molecule has 0 aliphatic carbocycles.